The van der Waals surface area contributed by atoms with E-state index in [4.69, 9.17) is 5.11 Å². The molecule has 0 heterocycles. The van der Waals surface area contributed by atoms with Gasteiger partial charge in [0.25, 0.3) is 0 Å². The predicted molar refractivity (Wildman–Crippen MR) is 77.9 cm³/mol. The normalized spacial score (nSPS) is 12.8. The van der Waals surface area contributed by atoms with Crippen LogP contribution in [0.1, 0.15) is 12.0 Å². The van der Waals surface area contributed by atoms with Crippen LogP contribution in [0.3, 0.4) is 0 Å². The minimum absolute atomic E-state index is 0.00449. The number of carbonyl (C=O) groups is 2. The number of hydrogen-bond donors (Lipinski definition) is 2. The lowest BCUT2D eigenvalue weighted by atomic mass is 9.97. The maximum atomic E-state index is 12.4. The topological polar surface area (TPSA) is 66.4 Å². The third-order valence-electron chi connectivity index (χ3n) is 3.36. The summed E-state index contributed by atoms with van der Waals surface area (Å²) in [5.41, 5.74) is 0.678. The summed E-state index contributed by atoms with van der Waals surface area (Å²) < 4.78 is 37.1. The first-order chi connectivity index (χ1) is 10.8. The van der Waals surface area contributed by atoms with Crippen LogP contribution < -0.4 is 5.32 Å². The molecule has 0 aliphatic carbocycles. The minimum atomic E-state index is -5.05. The van der Waals surface area contributed by atoms with Crippen molar-refractivity contribution in [2.75, 3.05) is 0 Å². The second kappa shape index (κ2) is 6.68. The first-order valence-electron chi connectivity index (χ1n) is 6.83. The standard InChI is InChI=1S/C16H14F3NO3/c17-16(18,19)15(23)20-12(9-14(21)22)8-11-6-3-5-10-4-1-2-7-13(10)11/h1-7,12H,8-9H2,(H,20,23)(H,21,22)/t12-/m1/s1. The predicted octanol–water partition coefficient (Wildman–Crippen LogP) is 2.90. The van der Waals surface area contributed by atoms with Gasteiger partial charge in [-0.2, -0.15) is 13.2 Å². The van der Waals surface area contributed by atoms with E-state index in [1.54, 1.807) is 29.6 Å². The molecule has 0 bridgehead atoms. The van der Waals surface area contributed by atoms with Crippen LogP contribution in [0, 0.1) is 0 Å². The molecular formula is C16H14F3NO3. The lowest BCUT2D eigenvalue weighted by molar-refractivity contribution is -0.174. The summed E-state index contributed by atoms with van der Waals surface area (Å²) in [4.78, 5) is 21.9. The van der Waals surface area contributed by atoms with Crippen LogP contribution in [0.4, 0.5) is 13.2 Å². The Morgan fingerprint density at radius 3 is 2.39 bits per heavy atom. The molecule has 0 radical (unpaired) electrons. The van der Waals surface area contributed by atoms with Gasteiger partial charge in [0.2, 0.25) is 0 Å². The number of alkyl halides is 3. The summed E-state index contributed by atoms with van der Waals surface area (Å²) in [6, 6.07) is 11.4. The molecule has 0 fully saturated rings. The van der Waals surface area contributed by atoms with Gasteiger partial charge in [-0.15, -0.1) is 0 Å². The second-order valence-electron chi connectivity index (χ2n) is 5.11. The van der Waals surface area contributed by atoms with Crippen LogP contribution in [-0.4, -0.2) is 29.2 Å². The Kier molecular flexibility index (Phi) is 4.88. The van der Waals surface area contributed by atoms with E-state index in [0.29, 0.717) is 5.56 Å². The molecular weight excluding hydrogens is 311 g/mol. The van der Waals surface area contributed by atoms with E-state index < -0.39 is 30.5 Å². The van der Waals surface area contributed by atoms with E-state index in [2.05, 4.69) is 0 Å². The average molecular weight is 325 g/mol. The third-order valence-corrected chi connectivity index (χ3v) is 3.36. The molecule has 2 N–H and O–H groups in total. The highest BCUT2D eigenvalue weighted by atomic mass is 19.4. The number of benzene rings is 2. The fourth-order valence-electron chi connectivity index (χ4n) is 2.39. The molecule has 0 aliphatic rings. The number of fused-ring (bicyclic) bond motifs is 1. The molecule has 0 saturated heterocycles. The molecule has 0 spiro atoms. The molecule has 0 saturated carbocycles. The number of aliphatic carboxylic acids is 1. The molecule has 1 atom stereocenters. The monoisotopic (exact) mass is 325 g/mol. The molecule has 4 nitrogen and oxygen atoms in total. The van der Waals surface area contributed by atoms with Gasteiger partial charge in [0, 0.05) is 6.04 Å². The van der Waals surface area contributed by atoms with Gasteiger partial charge in [-0.25, -0.2) is 0 Å². The lowest BCUT2D eigenvalue weighted by Gasteiger charge is -2.19. The molecule has 7 heteroatoms. The smallest absolute Gasteiger partial charge is 0.471 e. The van der Waals surface area contributed by atoms with Crippen molar-refractivity contribution in [2.24, 2.45) is 0 Å². The number of hydrogen-bond acceptors (Lipinski definition) is 2. The van der Waals surface area contributed by atoms with Crippen LogP contribution in [0.15, 0.2) is 42.5 Å². The molecule has 2 rings (SSSR count). The van der Waals surface area contributed by atoms with Crippen molar-refractivity contribution >= 4 is 22.6 Å². The molecule has 2 aromatic rings. The number of rotatable bonds is 5. The SMILES string of the molecule is O=C(O)C[C@@H](Cc1cccc2ccccc12)NC(=O)C(F)(F)F. The summed E-state index contributed by atoms with van der Waals surface area (Å²) in [6.45, 7) is 0. The Balaban J connectivity index is 2.26. The van der Waals surface area contributed by atoms with Crippen molar-refractivity contribution in [2.45, 2.75) is 25.1 Å². The van der Waals surface area contributed by atoms with E-state index >= 15 is 0 Å². The highest BCUT2D eigenvalue weighted by Crippen LogP contribution is 2.21. The van der Waals surface area contributed by atoms with Crippen LogP contribution in [-0.2, 0) is 16.0 Å². The van der Waals surface area contributed by atoms with Gasteiger partial charge in [0.05, 0.1) is 6.42 Å². The Morgan fingerprint density at radius 1 is 1.09 bits per heavy atom. The van der Waals surface area contributed by atoms with Gasteiger partial charge in [0.1, 0.15) is 0 Å². The molecule has 0 aliphatic heterocycles. The summed E-state index contributed by atoms with van der Waals surface area (Å²) in [5, 5.41) is 12.3. The quantitative estimate of drug-likeness (QED) is 0.888. The van der Waals surface area contributed by atoms with Crippen molar-refractivity contribution < 1.29 is 27.9 Å². The van der Waals surface area contributed by atoms with Crippen molar-refractivity contribution in [1.82, 2.24) is 5.32 Å². The first-order valence-corrected chi connectivity index (χ1v) is 6.83. The molecule has 0 unspecified atom stereocenters. The fraction of sp³-hybridized carbons (Fsp3) is 0.250. The lowest BCUT2D eigenvalue weighted by Crippen LogP contribution is -2.45. The van der Waals surface area contributed by atoms with E-state index in [9.17, 15) is 22.8 Å². The molecule has 122 valence electrons. The number of halogens is 3. The summed E-state index contributed by atoms with van der Waals surface area (Å²) in [5.74, 6) is -3.42. The minimum Gasteiger partial charge on any atom is -0.481 e. The number of carboxylic acids is 1. The first kappa shape index (κ1) is 16.8. The van der Waals surface area contributed by atoms with E-state index in [1.165, 1.54) is 0 Å². The van der Waals surface area contributed by atoms with Crippen molar-refractivity contribution in [3.63, 3.8) is 0 Å². The largest absolute Gasteiger partial charge is 0.481 e. The van der Waals surface area contributed by atoms with Gasteiger partial charge >= 0.3 is 18.1 Å². The Morgan fingerprint density at radius 2 is 1.74 bits per heavy atom. The van der Waals surface area contributed by atoms with Crippen molar-refractivity contribution in [3.8, 4) is 0 Å². The summed E-state index contributed by atoms with van der Waals surface area (Å²) in [7, 11) is 0. The molecule has 23 heavy (non-hydrogen) atoms. The van der Waals surface area contributed by atoms with E-state index in [0.717, 1.165) is 10.8 Å². The van der Waals surface area contributed by atoms with Gasteiger partial charge in [-0.1, -0.05) is 42.5 Å². The fourth-order valence-corrected chi connectivity index (χ4v) is 2.39. The van der Waals surface area contributed by atoms with Gasteiger partial charge < -0.3 is 10.4 Å². The zero-order valence-electron chi connectivity index (χ0n) is 11.9. The molecule has 0 aromatic heterocycles. The zero-order valence-corrected chi connectivity index (χ0v) is 11.9. The van der Waals surface area contributed by atoms with Crippen molar-refractivity contribution in [3.05, 3.63) is 48.0 Å². The van der Waals surface area contributed by atoms with Crippen molar-refractivity contribution in [1.29, 1.82) is 0 Å². The maximum Gasteiger partial charge on any atom is 0.471 e. The van der Waals surface area contributed by atoms with Crippen LogP contribution in [0.2, 0.25) is 0 Å². The number of carbonyl (C=O) groups excluding carboxylic acids is 1. The van der Waals surface area contributed by atoms with Gasteiger partial charge in [-0.05, 0) is 22.8 Å². The highest BCUT2D eigenvalue weighted by molar-refractivity contribution is 5.86. The number of amides is 1. The van der Waals surface area contributed by atoms with Crippen LogP contribution in [0.25, 0.3) is 10.8 Å². The summed E-state index contributed by atoms with van der Waals surface area (Å²) in [6.07, 6.45) is -5.64. The van der Waals surface area contributed by atoms with Gasteiger partial charge in [-0.3, -0.25) is 9.59 Å². The Hall–Kier alpha value is -2.57. The number of carboxylic acid groups (broad SMARTS) is 1. The molecule has 2 aromatic carbocycles. The van der Waals surface area contributed by atoms with Crippen LogP contribution >= 0.6 is 0 Å². The number of nitrogens with one attached hydrogen (secondary N) is 1. The Bertz CT molecular complexity index is 723. The van der Waals surface area contributed by atoms with Crippen LogP contribution in [0.5, 0.6) is 0 Å². The maximum absolute atomic E-state index is 12.4. The Labute approximate surface area is 129 Å². The third kappa shape index (κ3) is 4.45. The average Bonchev–Trinajstić information content (AvgIpc) is 2.46. The zero-order chi connectivity index (χ0) is 17.0. The second-order valence-corrected chi connectivity index (χ2v) is 5.11. The molecule has 1 amide bonds. The van der Waals surface area contributed by atoms with E-state index in [1.807, 2.05) is 18.2 Å². The highest BCUT2D eigenvalue weighted by Gasteiger charge is 2.40. The summed E-state index contributed by atoms with van der Waals surface area (Å²) >= 11 is 0. The van der Waals surface area contributed by atoms with E-state index in [-0.39, 0.29) is 6.42 Å². The van der Waals surface area contributed by atoms with Gasteiger partial charge in [0.15, 0.2) is 0 Å².